The lowest BCUT2D eigenvalue weighted by molar-refractivity contribution is -0.184. The summed E-state index contributed by atoms with van der Waals surface area (Å²) in [5.74, 6) is 1.70. The van der Waals surface area contributed by atoms with Crippen molar-refractivity contribution in [2.75, 3.05) is 14.2 Å². The van der Waals surface area contributed by atoms with Crippen LogP contribution in [-0.4, -0.2) is 19.3 Å². The van der Waals surface area contributed by atoms with Crippen molar-refractivity contribution in [1.29, 1.82) is 0 Å². The fourth-order valence-corrected chi connectivity index (χ4v) is 2.76. The summed E-state index contributed by atoms with van der Waals surface area (Å²) in [5.41, 5.74) is 3.47. The molecule has 0 fully saturated rings. The monoisotopic (exact) mass is 363 g/mol. The van der Waals surface area contributed by atoms with Crippen molar-refractivity contribution in [2.24, 2.45) is 0 Å². The van der Waals surface area contributed by atoms with E-state index in [-0.39, 0.29) is 0 Å². The standard InChI is InChI=1S/C23H25NO3/c1-25-22-12-8-19(9-13-22)16-24(27-18-21-6-4-3-5-7-21)17-20-10-14-23(26-2)15-11-20/h3-15H,16-18H2,1-2H3. The number of rotatable bonds is 9. The van der Waals surface area contributed by atoms with Crippen LogP contribution in [0.4, 0.5) is 0 Å². The summed E-state index contributed by atoms with van der Waals surface area (Å²) in [6, 6.07) is 26.3. The van der Waals surface area contributed by atoms with Crippen molar-refractivity contribution in [3.63, 3.8) is 0 Å². The van der Waals surface area contributed by atoms with Crippen molar-refractivity contribution in [3.8, 4) is 11.5 Å². The molecule has 0 aromatic heterocycles. The number of benzene rings is 3. The van der Waals surface area contributed by atoms with E-state index in [9.17, 15) is 0 Å². The Morgan fingerprint density at radius 2 is 1.07 bits per heavy atom. The van der Waals surface area contributed by atoms with Gasteiger partial charge in [-0.1, -0.05) is 54.6 Å². The number of hydrogen-bond acceptors (Lipinski definition) is 4. The molecule has 0 heterocycles. The number of hydrogen-bond donors (Lipinski definition) is 0. The highest BCUT2D eigenvalue weighted by atomic mass is 16.7. The minimum Gasteiger partial charge on any atom is -0.497 e. The summed E-state index contributed by atoms with van der Waals surface area (Å²) in [7, 11) is 3.35. The molecule has 0 amide bonds. The highest BCUT2D eigenvalue weighted by molar-refractivity contribution is 5.28. The van der Waals surface area contributed by atoms with E-state index in [2.05, 4.69) is 36.4 Å². The number of ether oxygens (including phenoxy) is 2. The second-order valence-electron chi connectivity index (χ2n) is 6.25. The lowest BCUT2D eigenvalue weighted by atomic mass is 10.2. The average molecular weight is 363 g/mol. The predicted octanol–water partition coefficient (Wildman–Crippen LogP) is 4.84. The van der Waals surface area contributed by atoms with Crippen LogP contribution in [0.3, 0.4) is 0 Å². The predicted molar refractivity (Wildman–Crippen MR) is 106 cm³/mol. The molecular weight excluding hydrogens is 338 g/mol. The van der Waals surface area contributed by atoms with E-state index in [4.69, 9.17) is 14.3 Å². The average Bonchev–Trinajstić information content (AvgIpc) is 2.74. The van der Waals surface area contributed by atoms with Crippen LogP contribution in [0.25, 0.3) is 0 Å². The second kappa shape index (κ2) is 9.76. The van der Waals surface area contributed by atoms with Crippen LogP contribution < -0.4 is 9.47 Å². The second-order valence-corrected chi connectivity index (χ2v) is 6.25. The Labute approximate surface area is 160 Å². The van der Waals surface area contributed by atoms with E-state index in [1.54, 1.807) is 14.2 Å². The molecule has 0 bridgehead atoms. The summed E-state index contributed by atoms with van der Waals surface area (Å²) >= 11 is 0. The molecule has 0 saturated carbocycles. The highest BCUT2D eigenvalue weighted by Crippen LogP contribution is 2.18. The Bertz CT molecular complexity index is 752. The minimum absolute atomic E-state index is 0.535. The first-order chi connectivity index (χ1) is 13.3. The first-order valence-corrected chi connectivity index (χ1v) is 8.94. The van der Waals surface area contributed by atoms with Gasteiger partial charge < -0.3 is 9.47 Å². The normalized spacial score (nSPS) is 10.8. The molecule has 0 spiro atoms. The molecule has 0 atom stereocenters. The molecule has 27 heavy (non-hydrogen) atoms. The van der Waals surface area contributed by atoms with Crippen LogP contribution in [0.1, 0.15) is 16.7 Å². The third-order valence-electron chi connectivity index (χ3n) is 4.29. The minimum atomic E-state index is 0.535. The summed E-state index contributed by atoms with van der Waals surface area (Å²) in [6.07, 6.45) is 0. The van der Waals surface area contributed by atoms with E-state index in [0.29, 0.717) is 19.7 Å². The largest absolute Gasteiger partial charge is 0.497 e. The molecule has 3 aromatic rings. The zero-order valence-electron chi connectivity index (χ0n) is 15.8. The Balaban J connectivity index is 1.69. The lowest BCUT2D eigenvalue weighted by Gasteiger charge is -2.22. The molecule has 4 heteroatoms. The van der Waals surface area contributed by atoms with Gasteiger partial charge in [0.2, 0.25) is 0 Å². The molecule has 0 aliphatic rings. The van der Waals surface area contributed by atoms with Crippen LogP contribution in [0.15, 0.2) is 78.9 Å². The maximum absolute atomic E-state index is 6.12. The Morgan fingerprint density at radius 1 is 0.593 bits per heavy atom. The van der Waals surface area contributed by atoms with E-state index in [0.717, 1.165) is 28.2 Å². The summed E-state index contributed by atoms with van der Waals surface area (Å²) in [4.78, 5) is 6.12. The molecule has 0 radical (unpaired) electrons. The topological polar surface area (TPSA) is 30.9 Å². The molecule has 3 aromatic carbocycles. The van der Waals surface area contributed by atoms with Crippen LogP contribution in [0.5, 0.6) is 11.5 Å². The number of hydroxylamine groups is 2. The molecule has 0 N–H and O–H groups in total. The Kier molecular flexibility index (Phi) is 6.85. The van der Waals surface area contributed by atoms with E-state index in [1.165, 1.54) is 0 Å². The summed E-state index contributed by atoms with van der Waals surface area (Å²) < 4.78 is 10.5. The van der Waals surface area contributed by atoms with Crippen molar-refractivity contribution >= 4 is 0 Å². The van der Waals surface area contributed by atoms with Crippen LogP contribution >= 0.6 is 0 Å². The van der Waals surface area contributed by atoms with Gasteiger partial charge in [-0.05, 0) is 41.0 Å². The van der Waals surface area contributed by atoms with Gasteiger partial charge in [0.1, 0.15) is 11.5 Å². The van der Waals surface area contributed by atoms with Gasteiger partial charge in [0.05, 0.1) is 20.8 Å². The van der Waals surface area contributed by atoms with Crippen molar-refractivity contribution < 1.29 is 14.3 Å². The van der Waals surface area contributed by atoms with Gasteiger partial charge in [-0.2, -0.15) is 5.06 Å². The van der Waals surface area contributed by atoms with Crippen LogP contribution in [0.2, 0.25) is 0 Å². The lowest BCUT2D eigenvalue weighted by Crippen LogP contribution is -2.23. The van der Waals surface area contributed by atoms with Gasteiger partial charge >= 0.3 is 0 Å². The van der Waals surface area contributed by atoms with E-state index >= 15 is 0 Å². The third kappa shape index (κ3) is 5.84. The molecule has 0 saturated heterocycles. The van der Waals surface area contributed by atoms with Gasteiger partial charge in [-0.3, -0.25) is 4.84 Å². The van der Waals surface area contributed by atoms with E-state index in [1.807, 2.05) is 47.5 Å². The third-order valence-corrected chi connectivity index (χ3v) is 4.29. The van der Waals surface area contributed by atoms with Gasteiger partial charge in [-0.25, -0.2) is 0 Å². The zero-order chi connectivity index (χ0) is 18.9. The first kappa shape index (κ1) is 19.0. The molecular formula is C23H25NO3. The molecule has 140 valence electrons. The SMILES string of the molecule is COc1ccc(CN(Cc2ccc(OC)cc2)OCc2ccccc2)cc1. The van der Waals surface area contributed by atoms with Gasteiger partial charge in [0, 0.05) is 13.1 Å². The van der Waals surface area contributed by atoms with Crippen LogP contribution in [0, 0.1) is 0 Å². The van der Waals surface area contributed by atoms with Gasteiger partial charge in [0.15, 0.2) is 0 Å². The molecule has 4 nitrogen and oxygen atoms in total. The van der Waals surface area contributed by atoms with Crippen molar-refractivity contribution in [3.05, 3.63) is 95.6 Å². The number of methoxy groups -OCH3 is 2. The summed E-state index contributed by atoms with van der Waals surface area (Å²) in [5, 5.41) is 1.98. The molecule has 3 rings (SSSR count). The smallest absolute Gasteiger partial charge is 0.118 e. The molecule has 0 aliphatic carbocycles. The summed E-state index contributed by atoms with van der Waals surface area (Å²) in [6.45, 7) is 1.90. The quantitative estimate of drug-likeness (QED) is 0.509. The maximum atomic E-state index is 6.12. The van der Waals surface area contributed by atoms with Gasteiger partial charge in [-0.15, -0.1) is 0 Å². The maximum Gasteiger partial charge on any atom is 0.118 e. The fourth-order valence-electron chi connectivity index (χ4n) is 2.76. The van der Waals surface area contributed by atoms with E-state index < -0.39 is 0 Å². The molecule has 0 unspecified atom stereocenters. The zero-order valence-corrected chi connectivity index (χ0v) is 15.8. The van der Waals surface area contributed by atoms with Crippen LogP contribution in [-0.2, 0) is 24.5 Å². The fraction of sp³-hybridized carbons (Fsp3) is 0.217. The highest BCUT2D eigenvalue weighted by Gasteiger charge is 2.09. The van der Waals surface area contributed by atoms with Crippen molar-refractivity contribution in [1.82, 2.24) is 5.06 Å². The first-order valence-electron chi connectivity index (χ1n) is 8.94. The van der Waals surface area contributed by atoms with Crippen molar-refractivity contribution in [2.45, 2.75) is 19.7 Å². The molecule has 0 aliphatic heterocycles. The Hall–Kier alpha value is -2.82. The van der Waals surface area contributed by atoms with Gasteiger partial charge in [0.25, 0.3) is 0 Å². The number of nitrogens with zero attached hydrogens (tertiary/aromatic N) is 1. The Morgan fingerprint density at radius 3 is 1.52 bits per heavy atom.